The van der Waals surface area contributed by atoms with Gasteiger partial charge in [0.05, 0.1) is 36.6 Å². The molecule has 222 valence electrons. The zero-order valence-corrected chi connectivity index (χ0v) is 23.3. The monoisotopic (exact) mass is 577 g/mol. The number of Topliss-reactive ketones (excluding diaryl/α,β-unsaturated/α-hetero) is 1. The Hall–Kier alpha value is -4.16. The summed E-state index contributed by atoms with van der Waals surface area (Å²) in [6, 6.07) is 5.66. The molecule has 0 saturated carbocycles. The molecule has 0 bridgehead atoms. The Morgan fingerprint density at radius 3 is 2.32 bits per heavy atom. The van der Waals surface area contributed by atoms with E-state index in [2.05, 4.69) is 15.6 Å². The number of amides is 2. The van der Waals surface area contributed by atoms with Gasteiger partial charge >= 0.3 is 12.3 Å². The fraction of sp³-hybridized carbons (Fsp3) is 0.464. The number of halogens is 3. The molecule has 0 aliphatic carbocycles. The van der Waals surface area contributed by atoms with Crippen LogP contribution in [0.25, 0.3) is 11.3 Å². The van der Waals surface area contributed by atoms with Crippen LogP contribution in [0.3, 0.4) is 0 Å². The van der Waals surface area contributed by atoms with Crippen LogP contribution < -0.4 is 5.32 Å². The van der Waals surface area contributed by atoms with E-state index in [0.717, 1.165) is 17.0 Å². The van der Waals surface area contributed by atoms with Gasteiger partial charge in [0.15, 0.2) is 5.76 Å². The van der Waals surface area contributed by atoms with Crippen LogP contribution in [0.15, 0.2) is 53.3 Å². The predicted octanol–water partition coefficient (Wildman–Crippen LogP) is 5.40. The van der Waals surface area contributed by atoms with Gasteiger partial charge in [-0.1, -0.05) is 57.8 Å². The number of ketones is 1. The number of benzene rings is 1. The second-order valence-electron chi connectivity index (χ2n) is 10.8. The number of nitrogens with one attached hydrogen (secondary N) is 1. The van der Waals surface area contributed by atoms with Crippen molar-refractivity contribution < 1.29 is 37.2 Å². The Balaban J connectivity index is 1.88. The maximum Gasteiger partial charge on any atom is 0.416 e. The van der Waals surface area contributed by atoms with Crippen molar-refractivity contribution in [1.82, 2.24) is 25.2 Å². The number of alkyl halides is 3. The molecule has 0 aliphatic rings. The van der Waals surface area contributed by atoms with E-state index in [1.807, 2.05) is 27.7 Å². The molecule has 3 aromatic rings. The number of hydrogen-bond donors (Lipinski definition) is 2. The van der Waals surface area contributed by atoms with E-state index >= 15 is 0 Å². The number of carbonyl (C=O) groups is 3. The van der Waals surface area contributed by atoms with E-state index in [4.69, 9.17) is 4.52 Å². The van der Waals surface area contributed by atoms with Crippen LogP contribution in [0.2, 0.25) is 0 Å². The van der Waals surface area contributed by atoms with Crippen molar-refractivity contribution in [2.24, 2.45) is 5.41 Å². The molecule has 3 rings (SSSR count). The number of rotatable bonds is 12. The second kappa shape index (κ2) is 13.0. The van der Waals surface area contributed by atoms with Crippen LogP contribution in [-0.2, 0) is 28.9 Å². The molecule has 41 heavy (non-hydrogen) atoms. The third kappa shape index (κ3) is 8.18. The molecule has 2 amide bonds. The summed E-state index contributed by atoms with van der Waals surface area (Å²) in [7, 11) is 0. The largest absolute Gasteiger partial charge is 0.465 e. The molecule has 0 radical (unpaired) electrons. The zero-order valence-electron chi connectivity index (χ0n) is 23.3. The summed E-state index contributed by atoms with van der Waals surface area (Å²) in [5.41, 5.74) is -0.615. The standard InChI is InChI=1S/C28H34F3N5O5/c1-5-6-7-22(24(37)25(38)32-16-20-12-14-33-41-20)36(26(39)40)23(27(2,3)4)17-35-15-13-21(34-35)18-8-10-19(11-9-18)28(29,30)31/h8-15,22-23H,5-7,16-17H2,1-4H3,(H,32,38)(H,39,40)/t22-,23+/m0/s1. The molecule has 10 nitrogen and oxygen atoms in total. The van der Waals surface area contributed by atoms with Gasteiger partial charge in [0, 0.05) is 17.8 Å². The highest BCUT2D eigenvalue weighted by Gasteiger charge is 2.42. The maximum atomic E-state index is 13.4. The Kier molecular flexibility index (Phi) is 9.95. The summed E-state index contributed by atoms with van der Waals surface area (Å²) in [5.74, 6) is -1.49. The number of nitrogens with zero attached hydrogens (tertiary/aromatic N) is 4. The molecule has 0 fully saturated rings. The summed E-state index contributed by atoms with van der Waals surface area (Å²) in [6.07, 6.45) is -1.52. The predicted molar refractivity (Wildman–Crippen MR) is 142 cm³/mol. The molecule has 2 heterocycles. The van der Waals surface area contributed by atoms with Crippen LogP contribution in [0.1, 0.15) is 58.3 Å². The Morgan fingerprint density at radius 1 is 1.10 bits per heavy atom. The molecule has 0 unspecified atom stereocenters. The number of aromatic nitrogens is 3. The summed E-state index contributed by atoms with van der Waals surface area (Å²) >= 11 is 0. The average molecular weight is 578 g/mol. The molecule has 2 atom stereocenters. The molecule has 2 N–H and O–H groups in total. The van der Waals surface area contributed by atoms with Crippen LogP contribution in [0, 0.1) is 5.41 Å². The first-order valence-electron chi connectivity index (χ1n) is 13.2. The van der Waals surface area contributed by atoms with Crippen molar-refractivity contribution in [2.75, 3.05) is 0 Å². The molecular formula is C28H34F3N5O5. The van der Waals surface area contributed by atoms with Gasteiger partial charge < -0.3 is 14.9 Å². The fourth-order valence-electron chi connectivity index (χ4n) is 4.42. The van der Waals surface area contributed by atoms with Crippen LogP contribution in [0.5, 0.6) is 0 Å². The highest BCUT2D eigenvalue weighted by molar-refractivity contribution is 6.38. The van der Waals surface area contributed by atoms with Crippen LogP contribution in [-0.4, -0.2) is 54.8 Å². The van der Waals surface area contributed by atoms with Gasteiger partial charge in [0.1, 0.15) is 6.04 Å². The lowest BCUT2D eigenvalue weighted by atomic mass is 9.84. The summed E-state index contributed by atoms with van der Waals surface area (Å²) in [6.45, 7) is 7.30. The lowest BCUT2D eigenvalue weighted by Crippen LogP contribution is -2.58. The molecule has 1 aromatic carbocycles. The van der Waals surface area contributed by atoms with Gasteiger partial charge in [0.25, 0.3) is 5.91 Å². The lowest BCUT2D eigenvalue weighted by Gasteiger charge is -2.42. The Bertz CT molecular complexity index is 1310. The Morgan fingerprint density at radius 2 is 1.78 bits per heavy atom. The SMILES string of the molecule is CCCC[C@@H](C(=O)C(=O)NCc1ccno1)N(C(=O)O)[C@H](Cn1ccc(-c2ccc(C(F)(F)F)cc2)n1)C(C)(C)C. The van der Waals surface area contributed by atoms with Crippen molar-refractivity contribution in [3.63, 3.8) is 0 Å². The number of unbranched alkanes of at least 4 members (excludes halogenated alkanes) is 1. The van der Waals surface area contributed by atoms with Crippen molar-refractivity contribution in [3.05, 3.63) is 60.1 Å². The van der Waals surface area contributed by atoms with Crippen molar-refractivity contribution in [3.8, 4) is 11.3 Å². The second-order valence-corrected chi connectivity index (χ2v) is 10.8. The topological polar surface area (TPSA) is 131 Å². The van der Waals surface area contributed by atoms with Crippen LogP contribution >= 0.6 is 0 Å². The van der Waals surface area contributed by atoms with Gasteiger partial charge in [0.2, 0.25) is 5.78 Å². The summed E-state index contributed by atoms with van der Waals surface area (Å²) in [4.78, 5) is 39.9. The van der Waals surface area contributed by atoms with E-state index in [1.54, 1.807) is 12.3 Å². The smallest absolute Gasteiger partial charge is 0.416 e. The molecule has 0 aliphatic heterocycles. The van der Waals surface area contributed by atoms with E-state index in [9.17, 15) is 32.7 Å². The third-order valence-corrected chi connectivity index (χ3v) is 6.67. The Labute approximate surface area is 235 Å². The molecule has 0 saturated heterocycles. The van der Waals surface area contributed by atoms with Crippen molar-refractivity contribution in [2.45, 2.75) is 78.3 Å². The van der Waals surface area contributed by atoms with Gasteiger partial charge in [-0.25, -0.2) is 4.79 Å². The quantitative estimate of drug-likeness (QED) is 0.276. The summed E-state index contributed by atoms with van der Waals surface area (Å²) in [5, 5.41) is 20.8. The first-order valence-corrected chi connectivity index (χ1v) is 13.2. The van der Waals surface area contributed by atoms with E-state index < -0.39 is 47.0 Å². The van der Waals surface area contributed by atoms with Gasteiger partial charge in [-0.2, -0.15) is 18.3 Å². The first kappa shape index (κ1) is 31.4. The normalized spacial score (nSPS) is 13.4. The summed E-state index contributed by atoms with van der Waals surface area (Å²) < 4.78 is 45.3. The first-order chi connectivity index (χ1) is 19.2. The number of carbonyl (C=O) groups excluding carboxylic acids is 2. The van der Waals surface area contributed by atoms with Crippen LogP contribution in [0.4, 0.5) is 18.0 Å². The highest BCUT2D eigenvalue weighted by atomic mass is 19.4. The fourth-order valence-corrected chi connectivity index (χ4v) is 4.42. The van der Waals surface area contributed by atoms with Crippen molar-refractivity contribution >= 4 is 17.8 Å². The van der Waals surface area contributed by atoms with Gasteiger partial charge in [-0.3, -0.25) is 19.2 Å². The number of hydrogen-bond acceptors (Lipinski definition) is 6. The highest BCUT2D eigenvalue weighted by Crippen LogP contribution is 2.32. The minimum atomic E-state index is -4.46. The van der Waals surface area contributed by atoms with E-state index in [-0.39, 0.29) is 19.5 Å². The van der Waals surface area contributed by atoms with E-state index in [0.29, 0.717) is 29.9 Å². The van der Waals surface area contributed by atoms with Gasteiger partial charge in [-0.15, -0.1) is 0 Å². The van der Waals surface area contributed by atoms with E-state index in [1.165, 1.54) is 29.1 Å². The molecule has 0 spiro atoms. The maximum absolute atomic E-state index is 13.4. The van der Waals surface area contributed by atoms with Gasteiger partial charge in [-0.05, 0) is 30.0 Å². The third-order valence-electron chi connectivity index (χ3n) is 6.67. The minimum Gasteiger partial charge on any atom is -0.465 e. The number of carboxylic acid groups (broad SMARTS) is 1. The molecule has 2 aromatic heterocycles. The molecule has 13 heteroatoms. The zero-order chi connectivity index (χ0) is 30.4. The molecular weight excluding hydrogens is 543 g/mol. The van der Waals surface area contributed by atoms with Crippen molar-refractivity contribution in [1.29, 1.82) is 0 Å². The minimum absolute atomic E-state index is 0.0338. The lowest BCUT2D eigenvalue weighted by molar-refractivity contribution is -0.142. The average Bonchev–Trinajstić information content (AvgIpc) is 3.59.